The Morgan fingerprint density at radius 1 is 1.43 bits per heavy atom. The molecule has 1 fully saturated rings. The first-order chi connectivity index (χ1) is 9.95. The molecule has 3 atom stereocenters. The van der Waals surface area contributed by atoms with Crippen LogP contribution >= 0.6 is 0 Å². The van der Waals surface area contributed by atoms with Crippen molar-refractivity contribution in [3.8, 4) is 0 Å². The summed E-state index contributed by atoms with van der Waals surface area (Å²) in [6.07, 6.45) is -0.546. The van der Waals surface area contributed by atoms with Gasteiger partial charge in [0, 0.05) is 23.1 Å². The van der Waals surface area contributed by atoms with Gasteiger partial charge in [-0.25, -0.2) is 4.39 Å². The Morgan fingerprint density at radius 3 is 2.90 bits per heavy atom. The SMILES string of the molecule is CN1CC(C(=O)O)C(O)CC1c1cc2cc(F)ccc2[nH]1. The lowest BCUT2D eigenvalue weighted by atomic mass is 9.89. The van der Waals surface area contributed by atoms with E-state index in [0.29, 0.717) is 6.42 Å². The molecule has 1 aromatic carbocycles. The quantitative estimate of drug-likeness (QED) is 0.788. The molecular formula is C15H17FN2O3. The molecule has 0 amide bonds. The number of aromatic nitrogens is 1. The number of rotatable bonds is 2. The highest BCUT2D eigenvalue weighted by Crippen LogP contribution is 2.33. The Labute approximate surface area is 121 Å². The molecular weight excluding hydrogens is 275 g/mol. The van der Waals surface area contributed by atoms with Crippen molar-refractivity contribution in [3.05, 3.63) is 35.8 Å². The monoisotopic (exact) mass is 292 g/mol. The molecule has 6 heteroatoms. The van der Waals surface area contributed by atoms with Gasteiger partial charge in [0.25, 0.3) is 0 Å². The van der Waals surface area contributed by atoms with Gasteiger partial charge in [-0.05, 0) is 37.7 Å². The Hall–Kier alpha value is -1.92. The van der Waals surface area contributed by atoms with Crippen molar-refractivity contribution < 1.29 is 19.4 Å². The third-order valence-electron chi connectivity index (χ3n) is 4.23. The van der Waals surface area contributed by atoms with Crippen LogP contribution in [0.25, 0.3) is 10.9 Å². The molecule has 1 saturated heterocycles. The van der Waals surface area contributed by atoms with Crippen LogP contribution in [0, 0.1) is 11.7 Å². The molecule has 0 saturated carbocycles. The number of hydrogen-bond acceptors (Lipinski definition) is 3. The minimum absolute atomic E-state index is 0.105. The minimum atomic E-state index is -0.980. The predicted octanol–water partition coefficient (Wildman–Crippen LogP) is 1.75. The second kappa shape index (κ2) is 5.13. The summed E-state index contributed by atoms with van der Waals surface area (Å²) in [6, 6.07) is 6.27. The number of likely N-dealkylation sites (tertiary alicyclic amines) is 1. The van der Waals surface area contributed by atoms with Gasteiger partial charge in [-0.2, -0.15) is 0 Å². The number of halogens is 1. The van der Waals surface area contributed by atoms with Crippen molar-refractivity contribution in [2.45, 2.75) is 18.6 Å². The van der Waals surface area contributed by atoms with E-state index in [4.69, 9.17) is 5.11 Å². The molecule has 3 N–H and O–H groups in total. The number of nitrogens with one attached hydrogen (secondary N) is 1. The predicted molar refractivity (Wildman–Crippen MR) is 75.4 cm³/mol. The first kappa shape index (κ1) is 14.0. The number of carboxylic acid groups (broad SMARTS) is 1. The normalized spacial score (nSPS) is 27.1. The van der Waals surface area contributed by atoms with E-state index in [1.54, 1.807) is 6.07 Å². The van der Waals surface area contributed by atoms with Crippen LogP contribution in [0.1, 0.15) is 18.2 Å². The number of H-pyrrole nitrogens is 1. The third-order valence-corrected chi connectivity index (χ3v) is 4.23. The van der Waals surface area contributed by atoms with E-state index in [-0.39, 0.29) is 18.4 Å². The molecule has 2 heterocycles. The fourth-order valence-corrected chi connectivity index (χ4v) is 3.04. The minimum Gasteiger partial charge on any atom is -0.481 e. The largest absolute Gasteiger partial charge is 0.481 e. The molecule has 2 aromatic rings. The lowest BCUT2D eigenvalue weighted by Crippen LogP contribution is -2.46. The van der Waals surface area contributed by atoms with Crippen molar-refractivity contribution in [2.75, 3.05) is 13.6 Å². The number of carbonyl (C=O) groups is 1. The van der Waals surface area contributed by atoms with E-state index in [1.165, 1.54) is 12.1 Å². The smallest absolute Gasteiger partial charge is 0.310 e. The van der Waals surface area contributed by atoms with Crippen LogP contribution in [0.4, 0.5) is 4.39 Å². The molecule has 1 aliphatic heterocycles. The number of piperidine rings is 1. The van der Waals surface area contributed by atoms with Crippen LogP contribution < -0.4 is 0 Å². The molecule has 1 aliphatic rings. The van der Waals surface area contributed by atoms with Crippen molar-refractivity contribution >= 4 is 16.9 Å². The average molecular weight is 292 g/mol. The van der Waals surface area contributed by atoms with Gasteiger partial charge in [-0.3, -0.25) is 9.69 Å². The fraction of sp³-hybridized carbons (Fsp3) is 0.400. The summed E-state index contributed by atoms with van der Waals surface area (Å²) >= 11 is 0. The van der Waals surface area contributed by atoms with E-state index in [2.05, 4.69) is 4.98 Å². The Kier molecular flexibility index (Phi) is 3.43. The Morgan fingerprint density at radius 2 is 2.19 bits per heavy atom. The Balaban J connectivity index is 1.90. The van der Waals surface area contributed by atoms with Crippen LogP contribution in [-0.2, 0) is 4.79 Å². The number of hydrogen-bond donors (Lipinski definition) is 3. The van der Waals surface area contributed by atoms with Crippen LogP contribution in [0.15, 0.2) is 24.3 Å². The van der Waals surface area contributed by atoms with Gasteiger partial charge in [0.05, 0.1) is 18.1 Å². The van der Waals surface area contributed by atoms with Crippen LogP contribution in [0.5, 0.6) is 0 Å². The Bertz CT molecular complexity index is 685. The summed E-state index contributed by atoms with van der Waals surface area (Å²) in [5.41, 5.74) is 1.69. The standard InChI is InChI=1S/C15H17FN2O3/c1-18-7-10(15(20)21)14(19)6-13(18)12-5-8-4-9(16)2-3-11(8)17-12/h2-5,10,13-14,17,19H,6-7H2,1H3,(H,20,21). The first-order valence-electron chi connectivity index (χ1n) is 6.85. The van der Waals surface area contributed by atoms with Crippen molar-refractivity contribution in [3.63, 3.8) is 0 Å². The second-order valence-electron chi connectivity index (χ2n) is 5.66. The molecule has 1 aromatic heterocycles. The van der Waals surface area contributed by atoms with Crippen LogP contribution in [-0.4, -0.2) is 45.8 Å². The molecule has 0 radical (unpaired) electrons. The molecule has 21 heavy (non-hydrogen) atoms. The summed E-state index contributed by atoms with van der Waals surface area (Å²) in [4.78, 5) is 16.2. The highest BCUT2D eigenvalue weighted by molar-refractivity contribution is 5.80. The van der Waals surface area contributed by atoms with Gasteiger partial charge >= 0.3 is 5.97 Å². The summed E-state index contributed by atoms with van der Waals surface area (Å²) in [5, 5.41) is 19.9. The number of aliphatic hydroxyl groups is 1. The number of nitrogens with zero attached hydrogens (tertiary/aromatic N) is 1. The van der Waals surface area contributed by atoms with Crippen molar-refractivity contribution in [2.24, 2.45) is 5.92 Å². The third kappa shape index (κ3) is 2.52. The zero-order valence-corrected chi connectivity index (χ0v) is 11.6. The fourth-order valence-electron chi connectivity index (χ4n) is 3.04. The molecule has 3 rings (SSSR count). The maximum atomic E-state index is 13.2. The van der Waals surface area contributed by atoms with E-state index >= 15 is 0 Å². The maximum Gasteiger partial charge on any atom is 0.310 e. The van der Waals surface area contributed by atoms with Gasteiger partial charge in [0.1, 0.15) is 5.82 Å². The molecule has 112 valence electrons. The molecule has 0 bridgehead atoms. The zero-order chi connectivity index (χ0) is 15.1. The van der Waals surface area contributed by atoms with Crippen LogP contribution in [0.2, 0.25) is 0 Å². The topological polar surface area (TPSA) is 76.6 Å². The highest BCUT2D eigenvalue weighted by atomic mass is 19.1. The molecule has 3 unspecified atom stereocenters. The van der Waals surface area contributed by atoms with Gasteiger partial charge < -0.3 is 15.2 Å². The number of carboxylic acids is 1. The number of aliphatic hydroxyl groups excluding tert-OH is 1. The summed E-state index contributed by atoms with van der Waals surface area (Å²) < 4.78 is 13.2. The molecule has 5 nitrogen and oxygen atoms in total. The van der Waals surface area contributed by atoms with Gasteiger partial charge in [-0.15, -0.1) is 0 Å². The summed E-state index contributed by atoms with van der Waals surface area (Å²) in [6.45, 7) is 0.283. The zero-order valence-electron chi connectivity index (χ0n) is 11.6. The van der Waals surface area contributed by atoms with Crippen LogP contribution in [0.3, 0.4) is 0 Å². The maximum absolute atomic E-state index is 13.2. The van der Waals surface area contributed by atoms with E-state index in [9.17, 15) is 14.3 Å². The molecule has 0 aliphatic carbocycles. The average Bonchev–Trinajstić information content (AvgIpc) is 2.83. The molecule has 0 spiro atoms. The highest BCUT2D eigenvalue weighted by Gasteiger charge is 2.38. The van der Waals surface area contributed by atoms with Crippen molar-refractivity contribution in [1.82, 2.24) is 9.88 Å². The van der Waals surface area contributed by atoms with Gasteiger partial charge in [0.2, 0.25) is 0 Å². The van der Waals surface area contributed by atoms with E-state index < -0.39 is 18.0 Å². The van der Waals surface area contributed by atoms with Crippen molar-refractivity contribution in [1.29, 1.82) is 0 Å². The van der Waals surface area contributed by atoms with E-state index in [0.717, 1.165) is 16.6 Å². The number of fused-ring (bicyclic) bond motifs is 1. The lowest BCUT2D eigenvalue weighted by molar-refractivity contribution is -0.150. The van der Waals surface area contributed by atoms with Gasteiger partial charge in [0.15, 0.2) is 0 Å². The summed E-state index contributed by atoms with van der Waals surface area (Å²) in [5.74, 6) is -2.05. The number of aliphatic carboxylic acids is 1. The van der Waals surface area contributed by atoms with Gasteiger partial charge in [-0.1, -0.05) is 0 Å². The first-order valence-corrected chi connectivity index (χ1v) is 6.85. The number of benzene rings is 1. The second-order valence-corrected chi connectivity index (χ2v) is 5.66. The van der Waals surface area contributed by atoms with E-state index in [1.807, 2.05) is 18.0 Å². The number of aromatic amines is 1. The summed E-state index contributed by atoms with van der Waals surface area (Å²) in [7, 11) is 1.83. The lowest BCUT2D eigenvalue weighted by Gasteiger charge is -2.38.